The second-order valence-electron chi connectivity index (χ2n) is 3.96. The Morgan fingerprint density at radius 2 is 2.00 bits per heavy atom. The van der Waals surface area contributed by atoms with Crippen molar-refractivity contribution in [3.05, 3.63) is 57.3 Å². The van der Waals surface area contributed by atoms with Gasteiger partial charge in [-0.15, -0.1) is 22.7 Å². The number of aromatic nitrogens is 2. The predicted molar refractivity (Wildman–Crippen MR) is 77.7 cm³/mol. The molecule has 0 bridgehead atoms. The fraction of sp³-hybridized carbons (Fsp3) is 0.0714. The zero-order chi connectivity index (χ0) is 13.1. The largest absolute Gasteiger partial charge is 0.293 e. The Balaban J connectivity index is 1.77. The minimum absolute atomic E-state index is 0.0801. The zero-order valence-corrected chi connectivity index (χ0v) is 11.6. The minimum atomic E-state index is 0.0801. The fourth-order valence-corrected chi connectivity index (χ4v) is 3.07. The topological polar surface area (TPSA) is 42.9 Å². The van der Waals surface area contributed by atoms with Crippen molar-refractivity contribution in [2.45, 2.75) is 6.42 Å². The van der Waals surface area contributed by atoms with Crippen LogP contribution < -0.4 is 0 Å². The molecule has 2 heterocycles. The van der Waals surface area contributed by atoms with Gasteiger partial charge in [0.1, 0.15) is 5.01 Å². The van der Waals surface area contributed by atoms with Gasteiger partial charge in [0.15, 0.2) is 5.78 Å². The maximum Gasteiger partial charge on any atom is 0.181 e. The maximum atomic E-state index is 12.0. The lowest BCUT2D eigenvalue weighted by atomic mass is 10.2. The number of hydrogen-bond donors (Lipinski definition) is 0. The van der Waals surface area contributed by atoms with Gasteiger partial charge in [-0.1, -0.05) is 30.3 Å². The molecule has 0 saturated heterocycles. The number of nitrogens with zero attached hydrogens (tertiary/aromatic N) is 2. The summed E-state index contributed by atoms with van der Waals surface area (Å²) in [7, 11) is 0. The van der Waals surface area contributed by atoms with E-state index in [1.807, 2.05) is 35.7 Å². The first-order chi connectivity index (χ1) is 9.33. The smallest absolute Gasteiger partial charge is 0.181 e. The maximum absolute atomic E-state index is 12.0. The Morgan fingerprint density at radius 3 is 2.74 bits per heavy atom. The van der Waals surface area contributed by atoms with Gasteiger partial charge in [-0.2, -0.15) is 0 Å². The van der Waals surface area contributed by atoms with Crippen LogP contribution >= 0.6 is 22.7 Å². The van der Waals surface area contributed by atoms with Gasteiger partial charge >= 0.3 is 0 Å². The number of ketones is 1. The first-order valence-electron chi connectivity index (χ1n) is 5.74. The van der Waals surface area contributed by atoms with Gasteiger partial charge < -0.3 is 0 Å². The summed E-state index contributed by atoms with van der Waals surface area (Å²) in [6.45, 7) is 0. The molecular weight excluding hydrogens is 276 g/mol. The second-order valence-corrected chi connectivity index (χ2v) is 5.79. The van der Waals surface area contributed by atoms with Crippen LogP contribution in [0.2, 0.25) is 0 Å². The van der Waals surface area contributed by atoms with Crippen molar-refractivity contribution in [2.75, 3.05) is 0 Å². The van der Waals surface area contributed by atoms with Crippen molar-refractivity contribution in [3.63, 3.8) is 0 Å². The third kappa shape index (κ3) is 2.77. The van der Waals surface area contributed by atoms with Crippen LogP contribution in [0.15, 0.2) is 47.4 Å². The molecule has 0 atom stereocenters. The minimum Gasteiger partial charge on any atom is -0.293 e. The zero-order valence-electron chi connectivity index (χ0n) is 9.95. The summed E-state index contributed by atoms with van der Waals surface area (Å²) in [5.41, 5.74) is 3.68. The Hall–Kier alpha value is -1.85. The van der Waals surface area contributed by atoms with Crippen molar-refractivity contribution >= 4 is 28.5 Å². The summed E-state index contributed by atoms with van der Waals surface area (Å²) < 4.78 is 0. The average Bonchev–Trinajstić information content (AvgIpc) is 3.11. The molecule has 5 heteroatoms. The van der Waals surface area contributed by atoms with Gasteiger partial charge in [-0.25, -0.2) is 4.98 Å². The van der Waals surface area contributed by atoms with Crippen LogP contribution in [0, 0.1) is 0 Å². The van der Waals surface area contributed by atoms with Crippen LogP contribution in [0.25, 0.3) is 11.3 Å². The lowest BCUT2D eigenvalue weighted by Gasteiger charge is -1.95. The highest BCUT2D eigenvalue weighted by atomic mass is 32.1. The van der Waals surface area contributed by atoms with Gasteiger partial charge in [0, 0.05) is 17.1 Å². The summed E-state index contributed by atoms with van der Waals surface area (Å²) in [5, 5.41) is 2.84. The Bertz CT molecular complexity index is 675. The van der Waals surface area contributed by atoms with E-state index in [0.29, 0.717) is 11.3 Å². The van der Waals surface area contributed by atoms with Crippen LogP contribution in [0.1, 0.15) is 14.7 Å². The Kier molecular flexibility index (Phi) is 3.48. The van der Waals surface area contributed by atoms with E-state index in [-0.39, 0.29) is 5.78 Å². The molecule has 0 amide bonds. The molecule has 19 heavy (non-hydrogen) atoms. The number of hydrogen-bond acceptors (Lipinski definition) is 5. The van der Waals surface area contributed by atoms with Crippen LogP contribution in [-0.2, 0) is 6.42 Å². The lowest BCUT2D eigenvalue weighted by molar-refractivity contribution is 0.0996. The highest BCUT2D eigenvalue weighted by Crippen LogP contribution is 2.22. The number of rotatable bonds is 4. The van der Waals surface area contributed by atoms with E-state index in [1.165, 1.54) is 22.7 Å². The molecule has 0 aliphatic carbocycles. The lowest BCUT2D eigenvalue weighted by Crippen LogP contribution is -2.00. The third-order valence-corrected chi connectivity index (χ3v) is 4.30. The van der Waals surface area contributed by atoms with Crippen molar-refractivity contribution in [3.8, 4) is 11.3 Å². The van der Waals surface area contributed by atoms with Gasteiger partial charge in [0.25, 0.3) is 0 Å². The van der Waals surface area contributed by atoms with Gasteiger partial charge in [-0.05, 0) is 0 Å². The number of thiazole rings is 2. The highest BCUT2D eigenvalue weighted by Gasteiger charge is 2.12. The number of carbonyl (C=O) groups excluding carboxylic acids is 1. The molecular formula is C14H10N2OS2. The molecule has 0 fully saturated rings. The summed E-state index contributed by atoms with van der Waals surface area (Å²) in [6, 6.07) is 9.98. The molecule has 0 radical (unpaired) electrons. The summed E-state index contributed by atoms with van der Waals surface area (Å²) in [4.78, 5) is 21.1. The van der Waals surface area contributed by atoms with E-state index in [9.17, 15) is 4.79 Å². The van der Waals surface area contributed by atoms with Crippen LogP contribution in [0.4, 0.5) is 0 Å². The molecule has 0 spiro atoms. The van der Waals surface area contributed by atoms with Gasteiger partial charge in [-0.3, -0.25) is 9.78 Å². The van der Waals surface area contributed by atoms with E-state index in [1.54, 1.807) is 11.7 Å². The quantitative estimate of drug-likeness (QED) is 0.687. The van der Waals surface area contributed by atoms with Crippen LogP contribution in [0.5, 0.6) is 0 Å². The first kappa shape index (κ1) is 12.2. The van der Waals surface area contributed by atoms with Crippen LogP contribution in [0.3, 0.4) is 0 Å². The molecule has 1 aromatic carbocycles. The molecule has 3 rings (SSSR count). The number of carbonyl (C=O) groups is 1. The SMILES string of the molecule is O=C(Cc1nc(-c2ccccc2)cs1)c1cncs1. The summed E-state index contributed by atoms with van der Waals surface area (Å²) in [6.07, 6.45) is 1.96. The average molecular weight is 286 g/mol. The van der Waals surface area contributed by atoms with E-state index < -0.39 is 0 Å². The molecule has 3 nitrogen and oxygen atoms in total. The molecule has 0 aliphatic heterocycles. The van der Waals surface area contributed by atoms with Gasteiger partial charge in [0.2, 0.25) is 0 Å². The normalized spacial score (nSPS) is 10.5. The van der Waals surface area contributed by atoms with E-state index >= 15 is 0 Å². The third-order valence-electron chi connectivity index (χ3n) is 2.64. The first-order valence-corrected chi connectivity index (χ1v) is 7.50. The highest BCUT2D eigenvalue weighted by molar-refractivity contribution is 7.12. The molecule has 0 aliphatic rings. The summed E-state index contributed by atoms with van der Waals surface area (Å²) in [5.74, 6) is 0.0801. The van der Waals surface area contributed by atoms with E-state index in [2.05, 4.69) is 9.97 Å². The Labute approximate surface area is 118 Å². The standard InChI is InChI=1S/C14H10N2OS2/c17-12(13-7-15-9-19-13)6-14-16-11(8-18-14)10-4-2-1-3-5-10/h1-5,7-9H,6H2. The molecule has 0 saturated carbocycles. The number of Topliss-reactive ketones (excluding diaryl/α,β-unsaturated/α-hetero) is 1. The van der Waals surface area contributed by atoms with Crippen molar-refractivity contribution in [2.24, 2.45) is 0 Å². The fourth-order valence-electron chi connectivity index (χ4n) is 1.71. The monoisotopic (exact) mass is 286 g/mol. The van der Waals surface area contributed by atoms with Crippen molar-refractivity contribution < 1.29 is 4.79 Å². The molecule has 2 aromatic heterocycles. The second kappa shape index (κ2) is 5.42. The van der Waals surface area contributed by atoms with Gasteiger partial charge in [0.05, 0.1) is 22.5 Å². The predicted octanol–water partition coefficient (Wildman–Crippen LogP) is 3.69. The molecule has 94 valence electrons. The molecule has 0 unspecified atom stereocenters. The summed E-state index contributed by atoms with van der Waals surface area (Å²) >= 11 is 2.89. The molecule has 3 aromatic rings. The van der Waals surface area contributed by atoms with Crippen LogP contribution in [-0.4, -0.2) is 15.8 Å². The number of benzene rings is 1. The van der Waals surface area contributed by atoms with Crippen molar-refractivity contribution in [1.82, 2.24) is 9.97 Å². The Morgan fingerprint density at radius 1 is 1.16 bits per heavy atom. The van der Waals surface area contributed by atoms with E-state index in [0.717, 1.165) is 16.3 Å². The molecule has 0 N–H and O–H groups in total. The van der Waals surface area contributed by atoms with Crippen molar-refractivity contribution in [1.29, 1.82) is 0 Å². The van der Waals surface area contributed by atoms with E-state index in [4.69, 9.17) is 0 Å².